The molecular weight excluding hydrogens is 148 g/mol. The summed E-state index contributed by atoms with van der Waals surface area (Å²) in [7, 11) is 3.88. The lowest BCUT2D eigenvalue weighted by atomic mass is 10.1. The van der Waals surface area contributed by atoms with Gasteiger partial charge in [0, 0.05) is 5.25 Å². The van der Waals surface area contributed by atoms with Crippen LogP contribution >= 0.6 is 21.6 Å². The minimum Gasteiger partial charge on any atom is -0.0973 e. The smallest absolute Gasteiger partial charge is 0.0171 e. The Morgan fingerprint density at radius 3 is 2.00 bits per heavy atom. The van der Waals surface area contributed by atoms with E-state index in [1.54, 1.807) is 0 Å². The quantitative estimate of drug-likeness (QED) is 0.584. The molecule has 0 unspecified atom stereocenters. The van der Waals surface area contributed by atoms with Gasteiger partial charge >= 0.3 is 0 Å². The lowest BCUT2D eigenvalue weighted by Gasteiger charge is -2.15. The van der Waals surface area contributed by atoms with Crippen molar-refractivity contribution in [2.45, 2.75) is 32.4 Å². The van der Waals surface area contributed by atoms with Crippen molar-refractivity contribution in [1.29, 1.82) is 0 Å². The number of hydrogen-bond donors (Lipinski definition) is 0. The fraction of sp³-hybridized carbons (Fsp3) is 1.00. The van der Waals surface area contributed by atoms with Crippen LogP contribution < -0.4 is 0 Å². The first kappa shape index (κ1) is 9.70. The Labute approximate surface area is 66.6 Å². The van der Waals surface area contributed by atoms with Gasteiger partial charge in [0.05, 0.1) is 0 Å². The highest BCUT2D eigenvalue weighted by Gasteiger charge is 2.09. The Balaban J connectivity index is 3.41. The third-order valence-corrected chi connectivity index (χ3v) is 4.00. The molecule has 0 rings (SSSR count). The maximum Gasteiger partial charge on any atom is 0.0171 e. The van der Waals surface area contributed by atoms with Gasteiger partial charge in [0.2, 0.25) is 0 Å². The Morgan fingerprint density at radius 1 is 1.33 bits per heavy atom. The average Bonchev–Trinajstić information content (AvgIpc) is 1.82. The fourth-order valence-electron chi connectivity index (χ4n) is 0.774. The predicted octanol–water partition coefficient (Wildman–Crippen LogP) is 3.43. The molecule has 0 aromatic heterocycles. The summed E-state index contributed by atoms with van der Waals surface area (Å²) in [6, 6.07) is 0. The van der Waals surface area contributed by atoms with Crippen molar-refractivity contribution < 1.29 is 0 Å². The number of rotatable bonds is 4. The zero-order valence-electron chi connectivity index (χ0n) is 6.68. The van der Waals surface area contributed by atoms with Crippen LogP contribution in [0.1, 0.15) is 27.2 Å². The lowest BCUT2D eigenvalue weighted by Crippen LogP contribution is -2.07. The first-order valence-electron chi connectivity index (χ1n) is 3.41. The van der Waals surface area contributed by atoms with Crippen LogP contribution in [0.5, 0.6) is 0 Å². The Hall–Kier alpha value is 0.700. The van der Waals surface area contributed by atoms with Gasteiger partial charge < -0.3 is 0 Å². The average molecular weight is 164 g/mol. The van der Waals surface area contributed by atoms with E-state index in [0.717, 1.165) is 11.2 Å². The summed E-state index contributed by atoms with van der Waals surface area (Å²) in [5, 5.41) is 0.847. The maximum absolute atomic E-state index is 2.29. The molecule has 0 saturated carbocycles. The van der Waals surface area contributed by atoms with E-state index in [-0.39, 0.29) is 0 Å². The largest absolute Gasteiger partial charge is 0.0973 e. The topological polar surface area (TPSA) is 0 Å². The van der Waals surface area contributed by atoms with Crippen LogP contribution in [0, 0.1) is 5.92 Å². The summed E-state index contributed by atoms with van der Waals surface area (Å²) in [5.74, 6) is 0.826. The Bertz CT molecular complexity index is 61.9. The van der Waals surface area contributed by atoms with Crippen LogP contribution in [-0.2, 0) is 0 Å². The Kier molecular flexibility index (Phi) is 5.91. The van der Waals surface area contributed by atoms with Crippen molar-refractivity contribution in [3.8, 4) is 0 Å². The summed E-state index contributed by atoms with van der Waals surface area (Å²) in [6.07, 6.45) is 3.44. The first-order chi connectivity index (χ1) is 4.22. The van der Waals surface area contributed by atoms with Gasteiger partial charge in [-0.25, -0.2) is 0 Å². The first-order valence-corrected chi connectivity index (χ1v) is 6.04. The highest BCUT2D eigenvalue weighted by atomic mass is 33.1. The van der Waals surface area contributed by atoms with E-state index in [0.29, 0.717) is 0 Å². The summed E-state index contributed by atoms with van der Waals surface area (Å²) >= 11 is 0. The zero-order valence-corrected chi connectivity index (χ0v) is 8.31. The zero-order chi connectivity index (χ0) is 7.28. The number of hydrogen-bond acceptors (Lipinski definition) is 2. The van der Waals surface area contributed by atoms with Crippen LogP contribution in [0.15, 0.2) is 0 Å². The second-order valence-electron chi connectivity index (χ2n) is 2.45. The minimum absolute atomic E-state index is 0.826. The molecule has 0 amide bonds. The molecular formula is C7H16S2. The summed E-state index contributed by atoms with van der Waals surface area (Å²) in [5.41, 5.74) is 0. The van der Waals surface area contributed by atoms with Crippen LogP contribution in [0.25, 0.3) is 0 Å². The van der Waals surface area contributed by atoms with Crippen molar-refractivity contribution in [3.05, 3.63) is 0 Å². The summed E-state index contributed by atoms with van der Waals surface area (Å²) in [6.45, 7) is 6.84. The summed E-state index contributed by atoms with van der Waals surface area (Å²) < 4.78 is 0. The molecule has 0 spiro atoms. The van der Waals surface area contributed by atoms with Crippen molar-refractivity contribution in [2.75, 3.05) is 6.26 Å². The fourth-order valence-corrected chi connectivity index (χ4v) is 3.20. The van der Waals surface area contributed by atoms with Gasteiger partial charge in [-0.3, -0.25) is 0 Å². The van der Waals surface area contributed by atoms with Gasteiger partial charge in [-0.05, 0) is 18.6 Å². The molecule has 0 aromatic carbocycles. The van der Waals surface area contributed by atoms with E-state index in [1.807, 2.05) is 21.6 Å². The van der Waals surface area contributed by atoms with Gasteiger partial charge in [-0.15, -0.1) is 0 Å². The van der Waals surface area contributed by atoms with E-state index in [9.17, 15) is 0 Å². The molecule has 0 bridgehead atoms. The second kappa shape index (κ2) is 5.48. The van der Waals surface area contributed by atoms with Crippen molar-refractivity contribution in [2.24, 2.45) is 5.92 Å². The van der Waals surface area contributed by atoms with Gasteiger partial charge in [-0.1, -0.05) is 42.4 Å². The molecule has 1 atom stereocenters. The molecule has 2 heteroatoms. The van der Waals surface area contributed by atoms with Crippen molar-refractivity contribution in [1.82, 2.24) is 0 Å². The normalized spacial score (nSPS) is 14.3. The molecule has 0 radical (unpaired) electrons. The molecule has 0 heterocycles. The highest BCUT2D eigenvalue weighted by molar-refractivity contribution is 8.76. The molecule has 56 valence electrons. The van der Waals surface area contributed by atoms with Crippen LogP contribution in [0.4, 0.5) is 0 Å². The molecule has 0 fully saturated rings. The molecule has 9 heavy (non-hydrogen) atoms. The molecule has 0 aliphatic carbocycles. The van der Waals surface area contributed by atoms with E-state index in [4.69, 9.17) is 0 Å². The monoisotopic (exact) mass is 164 g/mol. The third-order valence-electron chi connectivity index (χ3n) is 1.37. The van der Waals surface area contributed by atoms with Gasteiger partial charge in [0.1, 0.15) is 0 Å². The van der Waals surface area contributed by atoms with E-state index in [1.165, 1.54) is 6.42 Å². The molecule has 0 aliphatic rings. The van der Waals surface area contributed by atoms with E-state index < -0.39 is 0 Å². The summed E-state index contributed by atoms with van der Waals surface area (Å²) in [4.78, 5) is 0. The van der Waals surface area contributed by atoms with Gasteiger partial charge in [0.25, 0.3) is 0 Å². The van der Waals surface area contributed by atoms with Crippen molar-refractivity contribution >= 4 is 21.6 Å². The van der Waals surface area contributed by atoms with Crippen LogP contribution in [-0.4, -0.2) is 11.5 Å². The van der Waals surface area contributed by atoms with Gasteiger partial charge in [-0.2, -0.15) is 0 Å². The lowest BCUT2D eigenvalue weighted by molar-refractivity contribution is 0.596. The molecule has 0 aliphatic heterocycles. The highest BCUT2D eigenvalue weighted by Crippen LogP contribution is 2.30. The Morgan fingerprint density at radius 2 is 1.89 bits per heavy atom. The predicted molar refractivity (Wildman–Crippen MR) is 50.0 cm³/mol. The van der Waals surface area contributed by atoms with E-state index in [2.05, 4.69) is 27.0 Å². The minimum atomic E-state index is 0.826. The maximum atomic E-state index is 2.29. The van der Waals surface area contributed by atoms with Crippen molar-refractivity contribution in [3.63, 3.8) is 0 Å². The molecule has 0 saturated heterocycles. The second-order valence-corrected chi connectivity index (χ2v) is 5.16. The third kappa shape index (κ3) is 4.15. The van der Waals surface area contributed by atoms with Crippen LogP contribution in [0.2, 0.25) is 0 Å². The van der Waals surface area contributed by atoms with Gasteiger partial charge in [0.15, 0.2) is 0 Å². The SMILES string of the molecule is CC[C@@H](SSC)C(C)C. The molecule has 0 nitrogen and oxygen atoms in total. The standard InChI is InChI=1S/C7H16S2/c1-5-7(6(2)3)9-8-4/h6-7H,5H2,1-4H3/t7-/m1/s1. The molecule has 0 N–H and O–H groups in total. The molecule has 0 aromatic rings. The van der Waals surface area contributed by atoms with Crippen LogP contribution in [0.3, 0.4) is 0 Å². The van der Waals surface area contributed by atoms with E-state index >= 15 is 0 Å².